The second-order valence-electron chi connectivity index (χ2n) is 8.68. The van der Waals surface area contributed by atoms with Crippen molar-refractivity contribution in [1.29, 1.82) is 0 Å². The van der Waals surface area contributed by atoms with Crippen LogP contribution >= 0.6 is 35.0 Å². The van der Waals surface area contributed by atoms with Crippen LogP contribution in [0.4, 0.5) is 11.4 Å². The molecule has 12 heteroatoms. The first kappa shape index (κ1) is 24.7. The summed E-state index contributed by atoms with van der Waals surface area (Å²) < 4.78 is 24.0. The summed E-state index contributed by atoms with van der Waals surface area (Å²) in [7, 11) is -3.33. The highest BCUT2D eigenvalue weighted by atomic mass is 35.5. The van der Waals surface area contributed by atoms with Gasteiger partial charge < -0.3 is 21.3 Å². The van der Waals surface area contributed by atoms with Crippen LogP contribution < -0.4 is 21.3 Å². The fourth-order valence-electron chi connectivity index (χ4n) is 4.63. The van der Waals surface area contributed by atoms with Gasteiger partial charge in [-0.3, -0.25) is 4.90 Å². The van der Waals surface area contributed by atoms with Gasteiger partial charge in [-0.2, -0.15) is 0 Å². The largest absolute Gasteiger partial charge is 0.342 e. The molecule has 0 saturated carbocycles. The number of halogens is 2. The van der Waals surface area contributed by atoms with E-state index in [1.807, 2.05) is 9.80 Å². The van der Waals surface area contributed by atoms with Crippen LogP contribution in [-0.2, 0) is 9.84 Å². The van der Waals surface area contributed by atoms with Crippen molar-refractivity contribution >= 4 is 62.1 Å². The summed E-state index contributed by atoms with van der Waals surface area (Å²) in [6.07, 6.45) is 3.83. The van der Waals surface area contributed by atoms with Crippen LogP contribution in [0.2, 0.25) is 10.0 Å². The molecular formula is C23H26Cl2N6O2S2. The van der Waals surface area contributed by atoms with Crippen LogP contribution in [0, 0.1) is 0 Å². The topological polar surface area (TPSA) is 108 Å². The molecule has 4 N–H and O–H groups in total. The quantitative estimate of drug-likeness (QED) is 0.587. The van der Waals surface area contributed by atoms with Gasteiger partial charge in [0, 0.05) is 25.0 Å². The number of anilines is 2. The van der Waals surface area contributed by atoms with Crippen molar-refractivity contribution in [2.45, 2.75) is 35.8 Å². The molecule has 8 nitrogen and oxygen atoms in total. The third-order valence-corrected chi connectivity index (χ3v) is 9.02. The number of piperidine rings is 1. The molecule has 2 aromatic carbocycles. The van der Waals surface area contributed by atoms with E-state index in [9.17, 15) is 8.42 Å². The van der Waals surface area contributed by atoms with Gasteiger partial charge in [0.1, 0.15) is 16.7 Å². The predicted molar refractivity (Wildman–Crippen MR) is 144 cm³/mol. The zero-order valence-electron chi connectivity index (χ0n) is 19.1. The van der Waals surface area contributed by atoms with Crippen molar-refractivity contribution in [1.82, 2.24) is 4.90 Å². The lowest BCUT2D eigenvalue weighted by Gasteiger charge is -2.43. The lowest BCUT2D eigenvalue weighted by Crippen LogP contribution is -2.58. The van der Waals surface area contributed by atoms with E-state index in [2.05, 4.69) is 4.90 Å². The van der Waals surface area contributed by atoms with E-state index in [0.29, 0.717) is 21.4 Å². The minimum absolute atomic E-state index is 0.242. The fraction of sp³-hybridized carbons (Fsp3) is 0.348. The number of hydrogen-bond acceptors (Lipinski definition) is 9. The summed E-state index contributed by atoms with van der Waals surface area (Å²) in [6, 6.07) is 12.0. The Labute approximate surface area is 219 Å². The second kappa shape index (κ2) is 9.49. The summed E-state index contributed by atoms with van der Waals surface area (Å²) in [6.45, 7) is 1.73. The van der Waals surface area contributed by atoms with Crippen molar-refractivity contribution in [3.05, 3.63) is 63.2 Å². The molecule has 1 fully saturated rings. The van der Waals surface area contributed by atoms with Crippen LogP contribution in [0.15, 0.2) is 63.1 Å². The minimum Gasteiger partial charge on any atom is -0.342 e. The smallest absolute Gasteiger partial charge is 0.208 e. The Morgan fingerprint density at radius 2 is 1.60 bits per heavy atom. The third kappa shape index (κ3) is 4.52. The Morgan fingerprint density at radius 1 is 0.971 bits per heavy atom. The lowest BCUT2D eigenvalue weighted by atomic mass is 10.1. The Balaban J connectivity index is 1.63. The molecule has 3 heterocycles. The van der Waals surface area contributed by atoms with Gasteiger partial charge >= 0.3 is 0 Å². The van der Waals surface area contributed by atoms with Gasteiger partial charge in [-0.15, -0.1) is 0 Å². The van der Waals surface area contributed by atoms with E-state index < -0.39 is 21.5 Å². The molecule has 0 aliphatic carbocycles. The number of aliphatic imine (C=N–C) groups is 1. The van der Waals surface area contributed by atoms with Crippen LogP contribution in [0.5, 0.6) is 0 Å². The molecule has 186 valence electrons. The number of nitrogens with zero attached hydrogens (tertiary/aromatic N) is 4. The summed E-state index contributed by atoms with van der Waals surface area (Å²) in [4.78, 5) is 11.3. The molecule has 35 heavy (non-hydrogen) atoms. The molecule has 5 rings (SSSR count). The Hall–Kier alpha value is -1.95. The summed E-state index contributed by atoms with van der Waals surface area (Å²) in [5.74, 6) is 0.731. The number of thioether (sulfide) groups is 1. The molecule has 0 amide bonds. The molecule has 0 aromatic heterocycles. The maximum atomic E-state index is 12.0. The first-order chi connectivity index (χ1) is 16.7. The van der Waals surface area contributed by atoms with Gasteiger partial charge in [0.25, 0.3) is 0 Å². The fourth-order valence-corrected chi connectivity index (χ4v) is 6.86. The highest BCUT2D eigenvalue weighted by Gasteiger charge is 2.44. The average molecular weight is 554 g/mol. The molecule has 2 unspecified atom stereocenters. The van der Waals surface area contributed by atoms with E-state index >= 15 is 0 Å². The van der Waals surface area contributed by atoms with Crippen molar-refractivity contribution in [2.75, 3.05) is 29.1 Å². The van der Waals surface area contributed by atoms with Crippen molar-refractivity contribution in [2.24, 2.45) is 16.5 Å². The van der Waals surface area contributed by atoms with Crippen molar-refractivity contribution in [3.8, 4) is 0 Å². The van der Waals surface area contributed by atoms with E-state index in [1.165, 1.54) is 24.4 Å². The number of likely N-dealkylation sites (tertiary alicyclic amines) is 1. The SMILES string of the molecule is CS(=O)(=O)c1ccc(N2C(N3CCCCC3)=NC3=C(C2N)N(c2c(Cl)cccc2Cl)C(N)S3)cc1. The normalized spacial score (nSPS) is 23.0. The number of guanidine groups is 1. The molecule has 0 radical (unpaired) electrons. The monoisotopic (exact) mass is 552 g/mol. The number of nitrogens with two attached hydrogens (primary N) is 2. The Morgan fingerprint density at radius 3 is 2.20 bits per heavy atom. The van der Waals surface area contributed by atoms with Gasteiger partial charge in [-0.1, -0.05) is 41.0 Å². The van der Waals surface area contributed by atoms with Gasteiger partial charge in [0.15, 0.2) is 9.84 Å². The minimum atomic E-state index is -3.33. The van der Waals surface area contributed by atoms with Crippen LogP contribution in [0.3, 0.4) is 0 Å². The van der Waals surface area contributed by atoms with Crippen molar-refractivity contribution in [3.63, 3.8) is 0 Å². The molecule has 3 aliphatic rings. The number of para-hydroxylation sites is 1. The van der Waals surface area contributed by atoms with Gasteiger partial charge in [0.2, 0.25) is 5.96 Å². The zero-order valence-corrected chi connectivity index (χ0v) is 22.2. The molecule has 0 bridgehead atoms. The molecule has 2 aromatic rings. The summed E-state index contributed by atoms with van der Waals surface area (Å²) >= 11 is 14.5. The van der Waals surface area contributed by atoms with Gasteiger partial charge in [-0.05, 0) is 55.7 Å². The Bertz CT molecular complexity index is 1290. The third-order valence-electron chi connectivity index (χ3n) is 6.30. The summed E-state index contributed by atoms with van der Waals surface area (Å²) in [5, 5.41) is 1.65. The molecule has 0 spiro atoms. The number of benzene rings is 2. The van der Waals surface area contributed by atoms with Gasteiger partial charge in [0.05, 0.1) is 26.3 Å². The van der Waals surface area contributed by atoms with E-state index in [0.717, 1.165) is 42.6 Å². The molecule has 1 saturated heterocycles. The summed E-state index contributed by atoms with van der Waals surface area (Å²) in [5.41, 5.74) is 15.0. The van der Waals surface area contributed by atoms with Crippen LogP contribution in [-0.4, -0.2) is 50.3 Å². The number of sulfone groups is 1. The predicted octanol–water partition coefficient (Wildman–Crippen LogP) is 4.01. The van der Waals surface area contributed by atoms with Crippen LogP contribution in [0.1, 0.15) is 19.3 Å². The standard InChI is InChI=1S/C23H26Cl2N6O2S2/c1-35(32,33)15-10-8-14(9-11-15)30-20(26)19-21(28-23(30)29-12-3-2-4-13-29)34-22(27)31(19)18-16(24)6-5-7-17(18)25/h5-11,20,22H,2-4,12-13,26-27H2,1H3. The highest BCUT2D eigenvalue weighted by Crippen LogP contribution is 2.48. The first-order valence-electron chi connectivity index (χ1n) is 11.2. The van der Waals surface area contributed by atoms with E-state index in [4.69, 9.17) is 39.7 Å². The maximum absolute atomic E-state index is 12.0. The second-order valence-corrected chi connectivity index (χ2v) is 12.6. The van der Waals surface area contributed by atoms with Gasteiger partial charge in [-0.25, -0.2) is 13.4 Å². The average Bonchev–Trinajstić information content (AvgIpc) is 3.15. The zero-order chi connectivity index (χ0) is 24.9. The van der Waals surface area contributed by atoms with E-state index in [-0.39, 0.29) is 4.90 Å². The molecular weight excluding hydrogens is 527 g/mol. The first-order valence-corrected chi connectivity index (χ1v) is 14.8. The maximum Gasteiger partial charge on any atom is 0.208 e. The Kier molecular flexibility index (Phi) is 6.71. The molecule has 2 atom stereocenters. The highest BCUT2D eigenvalue weighted by molar-refractivity contribution is 8.04. The number of rotatable bonds is 3. The van der Waals surface area contributed by atoms with E-state index in [1.54, 1.807) is 42.5 Å². The van der Waals surface area contributed by atoms with Crippen LogP contribution in [0.25, 0.3) is 0 Å². The lowest BCUT2D eigenvalue weighted by molar-refractivity contribution is 0.334. The number of hydrogen-bond donors (Lipinski definition) is 2. The van der Waals surface area contributed by atoms with Crippen molar-refractivity contribution < 1.29 is 8.42 Å². The molecule has 3 aliphatic heterocycles.